The van der Waals surface area contributed by atoms with Crippen LogP contribution in [0.4, 0.5) is 0 Å². The topological polar surface area (TPSA) is 38.3 Å². The van der Waals surface area contributed by atoms with E-state index in [1.54, 1.807) is 0 Å². The van der Waals surface area contributed by atoms with E-state index >= 15 is 0 Å². The van der Waals surface area contributed by atoms with E-state index in [2.05, 4.69) is 28.2 Å². The Morgan fingerprint density at radius 1 is 1.24 bits per heavy atom. The summed E-state index contributed by atoms with van der Waals surface area (Å²) in [5.41, 5.74) is 0.853. The minimum absolute atomic E-state index is 0.165. The number of nitrogens with one attached hydrogen (secondary N) is 1. The van der Waals surface area contributed by atoms with Gasteiger partial charge in [-0.15, -0.1) is 0 Å². The minimum atomic E-state index is -0.274. The maximum Gasteiger partial charge on any atom is 0.230 e. The lowest BCUT2D eigenvalue weighted by Crippen LogP contribution is -2.35. The molecule has 0 bridgehead atoms. The molecule has 1 saturated carbocycles. The Balaban J connectivity index is 1.72. The molecule has 21 heavy (non-hydrogen) atoms. The summed E-state index contributed by atoms with van der Waals surface area (Å²) >= 11 is 3.43. The predicted molar refractivity (Wildman–Crippen MR) is 88.4 cm³/mol. The lowest BCUT2D eigenvalue weighted by molar-refractivity contribution is -0.123. The first kappa shape index (κ1) is 16.5. The number of benzene rings is 1. The number of unbranched alkanes of at least 4 members (excludes halogenated alkanes) is 1. The molecular weight excluding hydrogens is 330 g/mol. The second-order valence-corrected chi connectivity index (χ2v) is 6.58. The Morgan fingerprint density at radius 2 is 1.90 bits per heavy atom. The van der Waals surface area contributed by atoms with Gasteiger partial charge in [-0.25, -0.2) is 0 Å². The fraction of sp³-hybridized carbons (Fsp3) is 0.588. The molecule has 1 aromatic rings. The van der Waals surface area contributed by atoms with Crippen LogP contribution in [0.3, 0.4) is 0 Å². The SMILES string of the molecule is CCCCOCCCNC(=O)C1(c2ccc(Br)cc2)CC1. The number of carbonyl (C=O) groups is 1. The fourth-order valence-electron chi connectivity index (χ4n) is 2.43. The first-order valence-corrected chi connectivity index (χ1v) is 8.60. The molecule has 0 unspecified atom stereocenters. The van der Waals surface area contributed by atoms with Crippen LogP contribution in [-0.4, -0.2) is 25.7 Å². The van der Waals surface area contributed by atoms with Crippen molar-refractivity contribution in [3.8, 4) is 0 Å². The van der Waals surface area contributed by atoms with Crippen LogP contribution in [0.5, 0.6) is 0 Å². The molecule has 0 spiro atoms. The fourth-order valence-corrected chi connectivity index (χ4v) is 2.70. The molecule has 1 aliphatic rings. The van der Waals surface area contributed by atoms with E-state index in [9.17, 15) is 4.79 Å². The lowest BCUT2D eigenvalue weighted by Gasteiger charge is -2.16. The number of carbonyl (C=O) groups excluding carboxylic acids is 1. The summed E-state index contributed by atoms with van der Waals surface area (Å²) in [5, 5.41) is 3.06. The standard InChI is InChI=1S/C17H24BrNO2/c1-2-3-12-21-13-4-11-19-16(20)17(9-10-17)14-5-7-15(18)8-6-14/h5-8H,2-4,9-13H2,1H3,(H,19,20). The molecule has 0 aliphatic heterocycles. The van der Waals surface area contributed by atoms with Crippen LogP contribution in [0.1, 0.15) is 44.6 Å². The van der Waals surface area contributed by atoms with Crippen LogP contribution in [-0.2, 0) is 14.9 Å². The van der Waals surface area contributed by atoms with Crippen molar-refractivity contribution in [2.45, 2.75) is 44.4 Å². The third-order valence-corrected chi connectivity index (χ3v) is 4.50. The van der Waals surface area contributed by atoms with Crippen LogP contribution in [0.15, 0.2) is 28.7 Å². The van der Waals surface area contributed by atoms with Crippen LogP contribution < -0.4 is 5.32 Å². The van der Waals surface area contributed by atoms with Gasteiger partial charge in [0.05, 0.1) is 5.41 Å². The number of hydrogen-bond acceptors (Lipinski definition) is 2. The summed E-state index contributed by atoms with van der Waals surface area (Å²) in [6.07, 6.45) is 5.05. The molecule has 0 heterocycles. The molecule has 3 nitrogen and oxygen atoms in total. The zero-order valence-electron chi connectivity index (χ0n) is 12.7. The molecule has 0 atom stereocenters. The van der Waals surface area contributed by atoms with E-state index in [1.165, 1.54) is 0 Å². The van der Waals surface area contributed by atoms with Gasteiger partial charge in [0.15, 0.2) is 0 Å². The van der Waals surface area contributed by atoms with Crippen molar-refractivity contribution < 1.29 is 9.53 Å². The van der Waals surface area contributed by atoms with Gasteiger partial charge in [0.1, 0.15) is 0 Å². The summed E-state index contributed by atoms with van der Waals surface area (Å²) in [6.45, 7) is 4.41. The average molecular weight is 354 g/mol. The maximum absolute atomic E-state index is 12.4. The molecule has 0 radical (unpaired) electrons. The molecule has 116 valence electrons. The zero-order chi connectivity index (χ0) is 15.1. The molecule has 1 amide bonds. The largest absolute Gasteiger partial charge is 0.381 e. The number of rotatable bonds is 9. The zero-order valence-corrected chi connectivity index (χ0v) is 14.2. The summed E-state index contributed by atoms with van der Waals surface area (Å²) in [4.78, 5) is 12.4. The van der Waals surface area contributed by atoms with Gasteiger partial charge in [-0.2, -0.15) is 0 Å². The highest BCUT2D eigenvalue weighted by Gasteiger charge is 2.50. The molecule has 2 rings (SSSR count). The molecular formula is C17H24BrNO2. The average Bonchev–Trinajstić information content (AvgIpc) is 3.28. The predicted octanol–water partition coefficient (Wildman–Crippen LogP) is 3.80. The Kier molecular flexibility index (Phi) is 6.24. The normalized spacial score (nSPS) is 15.7. The first-order valence-electron chi connectivity index (χ1n) is 7.81. The summed E-state index contributed by atoms with van der Waals surface area (Å²) < 4.78 is 6.55. The van der Waals surface area contributed by atoms with Crippen molar-refractivity contribution in [3.05, 3.63) is 34.3 Å². The number of ether oxygens (including phenoxy) is 1. The summed E-state index contributed by atoms with van der Waals surface area (Å²) in [7, 11) is 0. The van der Waals surface area contributed by atoms with E-state index in [4.69, 9.17) is 4.74 Å². The van der Waals surface area contributed by atoms with Crippen molar-refractivity contribution in [2.75, 3.05) is 19.8 Å². The van der Waals surface area contributed by atoms with Gasteiger partial charge < -0.3 is 10.1 Å². The van der Waals surface area contributed by atoms with E-state index in [-0.39, 0.29) is 11.3 Å². The smallest absolute Gasteiger partial charge is 0.230 e. The Labute approximate surface area is 135 Å². The highest BCUT2D eigenvalue weighted by atomic mass is 79.9. The van der Waals surface area contributed by atoms with Gasteiger partial charge in [0.2, 0.25) is 5.91 Å². The monoisotopic (exact) mass is 353 g/mol. The Morgan fingerprint density at radius 3 is 2.52 bits per heavy atom. The van der Waals surface area contributed by atoms with Crippen LogP contribution in [0.2, 0.25) is 0 Å². The second-order valence-electron chi connectivity index (χ2n) is 5.66. The van der Waals surface area contributed by atoms with Crippen LogP contribution in [0.25, 0.3) is 0 Å². The molecule has 1 aliphatic carbocycles. The first-order chi connectivity index (χ1) is 10.2. The summed E-state index contributed by atoms with van der Waals surface area (Å²) in [6, 6.07) is 8.10. The maximum atomic E-state index is 12.4. The van der Waals surface area contributed by atoms with Gasteiger partial charge in [0, 0.05) is 24.2 Å². The highest BCUT2D eigenvalue weighted by Crippen LogP contribution is 2.48. The van der Waals surface area contributed by atoms with Gasteiger partial charge in [0.25, 0.3) is 0 Å². The third kappa shape index (κ3) is 4.55. The van der Waals surface area contributed by atoms with Crippen molar-refractivity contribution in [2.24, 2.45) is 0 Å². The number of amides is 1. The molecule has 0 aromatic heterocycles. The van der Waals surface area contributed by atoms with E-state index in [1.807, 2.05) is 24.3 Å². The molecule has 1 fully saturated rings. The lowest BCUT2D eigenvalue weighted by atomic mass is 9.95. The summed E-state index contributed by atoms with van der Waals surface area (Å²) in [5.74, 6) is 0.165. The van der Waals surface area contributed by atoms with Gasteiger partial charge in [-0.1, -0.05) is 41.4 Å². The van der Waals surface area contributed by atoms with E-state index < -0.39 is 0 Å². The Bertz CT molecular complexity index is 454. The molecule has 4 heteroatoms. The number of halogens is 1. The second kappa shape index (κ2) is 7.95. The van der Waals surface area contributed by atoms with Crippen molar-refractivity contribution >= 4 is 21.8 Å². The van der Waals surface area contributed by atoms with Crippen LogP contribution >= 0.6 is 15.9 Å². The highest BCUT2D eigenvalue weighted by molar-refractivity contribution is 9.10. The van der Waals surface area contributed by atoms with Gasteiger partial charge in [-0.05, 0) is 43.4 Å². The van der Waals surface area contributed by atoms with Gasteiger partial charge >= 0.3 is 0 Å². The Hall–Kier alpha value is -0.870. The minimum Gasteiger partial charge on any atom is -0.381 e. The van der Waals surface area contributed by atoms with E-state index in [0.717, 1.165) is 55.4 Å². The number of hydrogen-bond donors (Lipinski definition) is 1. The van der Waals surface area contributed by atoms with Crippen LogP contribution in [0, 0.1) is 0 Å². The van der Waals surface area contributed by atoms with Crippen molar-refractivity contribution in [1.82, 2.24) is 5.32 Å². The van der Waals surface area contributed by atoms with Crippen molar-refractivity contribution in [1.29, 1.82) is 0 Å². The quantitative estimate of drug-likeness (QED) is 0.685. The van der Waals surface area contributed by atoms with Crippen molar-refractivity contribution in [3.63, 3.8) is 0 Å². The molecule has 1 N–H and O–H groups in total. The molecule has 1 aromatic carbocycles. The third-order valence-electron chi connectivity index (χ3n) is 3.97. The van der Waals surface area contributed by atoms with Gasteiger partial charge in [-0.3, -0.25) is 4.79 Å². The van der Waals surface area contributed by atoms with E-state index in [0.29, 0.717) is 6.54 Å². The molecule has 0 saturated heterocycles.